The molecule has 4 fully saturated rings. The highest BCUT2D eigenvalue weighted by Crippen LogP contribution is 2.57. The fraction of sp³-hybridized carbons (Fsp3) is 0.312. The maximum absolute atomic E-state index is 15.4. The first-order valence-electron chi connectivity index (χ1n) is 13.1. The van der Waals surface area contributed by atoms with Gasteiger partial charge in [0.2, 0.25) is 0 Å². The molecule has 35 heavy (non-hydrogen) atoms. The van der Waals surface area contributed by atoms with Crippen molar-refractivity contribution in [2.24, 2.45) is 17.8 Å². The average Bonchev–Trinajstić information content (AvgIpc) is 2.88. The number of rotatable bonds is 5. The van der Waals surface area contributed by atoms with E-state index in [0.717, 1.165) is 39.4 Å². The van der Waals surface area contributed by atoms with Crippen LogP contribution in [0.5, 0.6) is 0 Å². The molecule has 4 aromatic rings. The van der Waals surface area contributed by atoms with Gasteiger partial charge in [-0.3, -0.25) is 0 Å². The average molecular weight is 478 g/mol. The van der Waals surface area contributed by atoms with E-state index in [1.165, 1.54) is 49.3 Å². The first kappa shape index (κ1) is 21.5. The van der Waals surface area contributed by atoms with Crippen molar-refractivity contribution in [2.45, 2.75) is 44.1 Å². The van der Waals surface area contributed by atoms with E-state index >= 15 is 4.57 Å². The molecule has 3 heteroatoms. The second-order valence-electron chi connectivity index (χ2n) is 11.3. The smallest absolute Gasteiger partial charge is 0.173 e. The molecule has 4 aliphatic carbocycles. The number of nitrogens with one attached hydrogen (secondary N) is 1. The molecule has 4 saturated carbocycles. The molecule has 0 saturated heterocycles. The summed E-state index contributed by atoms with van der Waals surface area (Å²) in [6.07, 6.45) is 8.00. The van der Waals surface area contributed by atoms with E-state index in [9.17, 15) is 0 Å². The van der Waals surface area contributed by atoms with E-state index < -0.39 is 7.14 Å². The van der Waals surface area contributed by atoms with Gasteiger partial charge in [-0.15, -0.1) is 0 Å². The largest absolute Gasteiger partial charge is 0.378 e. The van der Waals surface area contributed by atoms with Crippen molar-refractivity contribution in [1.82, 2.24) is 0 Å². The van der Waals surface area contributed by atoms with Gasteiger partial charge in [-0.1, -0.05) is 91.0 Å². The minimum absolute atomic E-state index is 0.131. The Bertz CT molecular complexity index is 1350. The highest BCUT2D eigenvalue weighted by molar-refractivity contribution is 7.85. The molecule has 0 aliphatic heterocycles. The quantitative estimate of drug-likeness (QED) is 0.318. The van der Waals surface area contributed by atoms with E-state index in [4.69, 9.17) is 0 Å². The van der Waals surface area contributed by atoms with Crippen LogP contribution in [0.1, 0.15) is 38.5 Å². The number of fused-ring (bicyclic) bond motifs is 1. The molecule has 4 aromatic carbocycles. The van der Waals surface area contributed by atoms with Crippen molar-refractivity contribution in [3.63, 3.8) is 0 Å². The van der Waals surface area contributed by atoms with Crippen LogP contribution in [-0.2, 0) is 4.57 Å². The summed E-state index contributed by atoms with van der Waals surface area (Å²) in [5, 5.41) is 9.31. The lowest BCUT2D eigenvalue weighted by molar-refractivity contribution is 0.0108. The Hall–Kier alpha value is -2.83. The lowest BCUT2D eigenvalue weighted by atomic mass is 9.53. The van der Waals surface area contributed by atoms with Crippen LogP contribution in [0, 0.1) is 17.8 Å². The number of hydrogen-bond donors (Lipinski definition) is 1. The summed E-state index contributed by atoms with van der Waals surface area (Å²) < 4.78 is 15.4. The van der Waals surface area contributed by atoms with Gasteiger partial charge in [0.1, 0.15) is 0 Å². The molecule has 0 spiro atoms. The molecule has 2 nitrogen and oxygen atoms in total. The van der Waals surface area contributed by atoms with Crippen LogP contribution >= 0.6 is 7.14 Å². The SMILES string of the molecule is O=P(c1ccccc1)(c1ccccc1)c1ccc2ccccc2c1NC12CC3CC(CC(C3)C1)C2. The van der Waals surface area contributed by atoms with Crippen molar-refractivity contribution in [3.8, 4) is 0 Å². The van der Waals surface area contributed by atoms with E-state index in [1.807, 2.05) is 60.7 Å². The topological polar surface area (TPSA) is 29.1 Å². The van der Waals surface area contributed by atoms with E-state index in [-0.39, 0.29) is 5.54 Å². The maximum Gasteiger partial charge on any atom is 0.173 e. The molecule has 0 heterocycles. The predicted octanol–water partition coefficient (Wildman–Crippen LogP) is 6.86. The minimum atomic E-state index is -3.09. The second kappa shape index (κ2) is 8.10. The van der Waals surface area contributed by atoms with Crippen LogP contribution in [-0.4, -0.2) is 5.54 Å². The highest BCUT2D eigenvalue weighted by Gasteiger charge is 2.51. The zero-order chi connectivity index (χ0) is 23.5. The molecule has 8 rings (SSSR count). The summed E-state index contributed by atoms with van der Waals surface area (Å²) in [7, 11) is -3.09. The van der Waals surface area contributed by atoms with Crippen LogP contribution in [0.3, 0.4) is 0 Å². The van der Waals surface area contributed by atoms with Crippen LogP contribution in [0.15, 0.2) is 97.1 Å². The van der Waals surface area contributed by atoms with Gasteiger partial charge in [0.25, 0.3) is 0 Å². The fourth-order valence-corrected chi connectivity index (χ4v) is 10.7. The van der Waals surface area contributed by atoms with Crippen molar-refractivity contribution < 1.29 is 4.57 Å². The Labute approximate surface area is 208 Å². The summed E-state index contributed by atoms with van der Waals surface area (Å²) in [5.74, 6) is 2.55. The fourth-order valence-electron chi connectivity index (χ4n) is 7.89. The molecule has 0 aromatic heterocycles. The predicted molar refractivity (Wildman–Crippen MR) is 148 cm³/mol. The lowest BCUT2D eigenvalue weighted by Crippen LogP contribution is -2.55. The van der Waals surface area contributed by atoms with Crippen LogP contribution < -0.4 is 21.2 Å². The molecule has 0 unspecified atom stereocenters. The first-order chi connectivity index (χ1) is 17.1. The highest BCUT2D eigenvalue weighted by atomic mass is 31.2. The van der Waals surface area contributed by atoms with Gasteiger partial charge in [-0.05, 0) is 67.7 Å². The Morgan fingerprint density at radius 1 is 0.629 bits per heavy atom. The molecule has 1 N–H and O–H groups in total. The Morgan fingerprint density at radius 2 is 1.14 bits per heavy atom. The zero-order valence-corrected chi connectivity index (χ0v) is 21.0. The van der Waals surface area contributed by atoms with Gasteiger partial charge in [0.05, 0.1) is 5.69 Å². The maximum atomic E-state index is 15.4. The van der Waals surface area contributed by atoms with Gasteiger partial charge in [0, 0.05) is 26.8 Å². The molecule has 4 aliphatic rings. The van der Waals surface area contributed by atoms with Crippen LogP contribution in [0.25, 0.3) is 10.8 Å². The van der Waals surface area contributed by atoms with Gasteiger partial charge in [-0.2, -0.15) is 0 Å². The van der Waals surface area contributed by atoms with Crippen molar-refractivity contribution in [3.05, 3.63) is 97.1 Å². The van der Waals surface area contributed by atoms with Crippen LogP contribution in [0.4, 0.5) is 5.69 Å². The standard InChI is InChI=1S/C32H32NOP/c34-35(27-10-3-1-4-11-27,28-12-5-2-6-13-28)30-16-15-26-9-7-8-14-29(26)31(30)33-32-20-23-17-24(21-32)19-25(18-23)22-32/h1-16,23-25,33H,17-22H2. The third kappa shape index (κ3) is 3.49. The third-order valence-electron chi connectivity index (χ3n) is 8.91. The number of benzene rings is 4. The van der Waals surface area contributed by atoms with Crippen molar-refractivity contribution in [2.75, 3.05) is 5.32 Å². The number of hydrogen-bond acceptors (Lipinski definition) is 2. The zero-order valence-electron chi connectivity index (χ0n) is 20.1. The van der Waals surface area contributed by atoms with Crippen LogP contribution in [0.2, 0.25) is 0 Å². The molecule has 4 bridgehead atoms. The Morgan fingerprint density at radius 3 is 1.71 bits per heavy atom. The van der Waals surface area contributed by atoms with E-state index in [0.29, 0.717) is 0 Å². The summed E-state index contributed by atoms with van der Waals surface area (Å²) in [6, 6.07) is 33.1. The summed E-state index contributed by atoms with van der Waals surface area (Å²) >= 11 is 0. The molecule has 0 atom stereocenters. The first-order valence-corrected chi connectivity index (χ1v) is 14.9. The Kier molecular flexibility index (Phi) is 4.97. The third-order valence-corrected chi connectivity index (χ3v) is 12.0. The van der Waals surface area contributed by atoms with E-state index in [1.54, 1.807) is 0 Å². The lowest BCUT2D eigenvalue weighted by Gasteiger charge is -2.57. The molecule has 176 valence electrons. The molecular weight excluding hydrogens is 445 g/mol. The Balaban J connectivity index is 1.46. The van der Waals surface area contributed by atoms with E-state index in [2.05, 4.69) is 41.7 Å². The monoisotopic (exact) mass is 477 g/mol. The summed E-state index contributed by atoms with van der Waals surface area (Å²) in [6.45, 7) is 0. The molecule has 0 radical (unpaired) electrons. The van der Waals surface area contributed by atoms with Crippen molar-refractivity contribution >= 4 is 39.5 Å². The van der Waals surface area contributed by atoms with Gasteiger partial charge < -0.3 is 9.88 Å². The second-order valence-corrected chi connectivity index (χ2v) is 14.0. The molecular formula is C32H32NOP. The van der Waals surface area contributed by atoms with Gasteiger partial charge >= 0.3 is 0 Å². The summed E-state index contributed by atoms with van der Waals surface area (Å²) in [4.78, 5) is 0. The minimum Gasteiger partial charge on any atom is -0.378 e. The number of anilines is 1. The van der Waals surface area contributed by atoms with Gasteiger partial charge in [0.15, 0.2) is 7.14 Å². The van der Waals surface area contributed by atoms with Crippen molar-refractivity contribution in [1.29, 1.82) is 0 Å². The normalized spacial score (nSPS) is 27.3. The molecule has 0 amide bonds. The van der Waals surface area contributed by atoms with Gasteiger partial charge in [-0.25, -0.2) is 0 Å². The summed E-state index contributed by atoms with van der Waals surface area (Å²) in [5.41, 5.74) is 1.23.